The minimum atomic E-state index is -0.499. The van der Waals surface area contributed by atoms with E-state index in [1.807, 2.05) is 0 Å². The molecule has 1 unspecified atom stereocenters. The summed E-state index contributed by atoms with van der Waals surface area (Å²) in [6, 6.07) is 5.72. The van der Waals surface area contributed by atoms with E-state index < -0.39 is 5.92 Å². The Labute approximate surface area is 87.8 Å². The molecule has 0 aliphatic heterocycles. The van der Waals surface area contributed by atoms with E-state index in [0.717, 1.165) is 0 Å². The van der Waals surface area contributed by atoms with Gasteiger partial charge in [-0.3, -0.25) is 4.79 Å². The fraction of sp³-hybridized carbons (Fsp3) is 0.364. The van der Waals surface area contributed by atoms with Crippen LogP contribution in [-0.4, -0.2) is 26.8 Å². The summed E-state index contributed by atoms with van der Waals surface area (Å²) in [5, 5.41) is 0. The number of rotatable bonds is 4. The van der Waals surface area contributed by atoms with Gasteiger partial charge in [0.05, 0.1) is 13.7 Å². The van der Waals surface area contributed by atoms with Crippen molar-refractivity contribution in [2.24, 2.45) is 0 Å². The summed E-state index contributed by atoms with van der Waals surface area (Å²) in [6.45, 7) is 0.221. The zero-order valence-corrected chi connectivity index (χ0v) is 8.70. The Morgan fingerprint density at radius 1 is 1.33 bits per heavy atom. The van der Waals surface area contributed by atoms with Crippen LogP contribution in [-0.2, 0) is 14.3 Å². The second-order valence-electron chi connectivity index (χ2n) is 3.08. The Hall–Kier alpha value is -1.42. The number of halogens is 1. The Balaban J connectivity index is 2.88. The molecule has 0 saturated carbocycles. The predicted octanol–water partition coefficient (Wildman–Crippen LogP) is 1.73. The SMILES string of the molecule is COCC(C(=O)OC)c1ccc(F)cc1. The van der Waals surface area contributed by atoms with E-state index in [0.29, 0.717) is 5.56 Å². The maximum atomic E-state index is 12.7. The number of esters is 1. The highest BCUT2D eigenvalue weighted by atomic mass is 19.1. The highest BCUT2D eigenvalue weighted by molar-refractivity contribution is 5.78. The second-order valence-corrected chi connectivity index (χ2v) is 3.08. The number of ether oxygens (including phenoxy) is 2. The topological polar surface area (TPSA) is 35.5 Å². The van der Waals surface area contributed by atoms with Gasteiger partial charge in [0.1, 0.15) is 11.7 Å². The molecule has 0 saturated heterocycles. The average molecular weight is 212 g/mol. The van der Waals surface area contributed by atoms with Crippen LogP contribution in [0.5, 0.6) is 0 Å². The summed E-state index contributed by atoms with van der Waals surface area (Å²) in [6.07, 6.45) is 0. The first-order chi connectivity index (χ1) is 7.19. The van der Waals surface area contributed by atoms with Gasteiger partial charge in [0.25, 0.3) is 0 Å². The summed E-state index contributed by atoms with van der Waals surface area (Å²) in [7, 11) is 2.81. The van der Waals surface area contributed by atoms with Gasteiger partial charge in [0.15, 0.2) is 0 Å². The Morgan fingerprint density at radius 2 is 1.93 bits per heavy atom. The van der Waals surface area contributed by atoms with Crippen LogP contribution in [0.3, 0.4) is 0 Å². The first-order valence-corrected chi connectivity index (χ1v) is 4.51. The van der Waals surface area contributed by atoms with Gasteiger partial charge in [0, 0.05) is 7.11 Å². The molecule has 1 rings (SSSR count). The quantitative estimate of drug-likeness (QED) is 0.713. The molecule has 0 aliphatic carbocycles. The van der Waals surface area contributed by atoms with Crippen molar-refractivity contribution in [2.45, 2.75) is 5.92 Å². The summed E-state index contributed by atoms with van der Waals surface area (Å²) >= 11 is 0. The van der Waals surface area contributed by atoms with Crippen molar-refractivity contribution in [1.29, 1.82) is 0 Å². The lowest BCUT2D eigenvalue weighted by Gasteiger charge is -2.13. The van der Waals surface area contributed by atoms with Crippen LogP contribution in [0.15, 0.2) is 24.3 Å². The highest BCUT2D eigenvalue weighted by Gasteiger charge is 2.20. The number of benzene rings is 1. The molecular weight excluding hydrogens is 199 g/mol. The van der Waals surface area contributed by atoms with Gasteiger partial charge in [-0.15, -0.1) is 0 Å². The lowest BCUT2D eigenvalue weighted by Crippen LogP contribution is -2.19. The van der Waals surface area contributed by atoms with Gasteiger partial charge >= 0.3 is 5.97 Å². The highest BCUT2D eigenvalue weighted by Crippen LogP contribution is 2.18. The lowest BCUT2D eigenvalue weighted by atomic mass is 10.0. The van der Waals surface area contributed by atoms with Gasteiger partial charge in [-0.05, 0) is 17.7 Å². The third kappa shape index (κ3) is 3.02. The van der Waals surface area contributed by atoms with Crippen LogP contribution in [0.4, 0.5) is 4.39 Å². The van der Waals surface area contributed by atoms with Crippen molar-refractivity contribution < 1.29 is 18.7 Å². The Bertz CT molecular complexity index is 321. The van der Waals surface area contributed by atoms with E-state index in [2.05, 4.69) is 4.74 Å². The first-order valence-electron chi connectivity index (χ1n) is 4.51. The van der Waals surface area contributed by atoms with Crippen molar-refractivity contribution in [3.05, 3.63) is 35.6 Å². The number of carbonyl (C=O) groups is 1. The van der Waals surface area contributed by atoms with E-state index in [1.165, 1.54) is 26.4 Å². The molecule has 0 aliphatic rings. The molecule has 15 heavy (non-hydrogen) atoms. The van der Waals surface area contributed by atoms with Crippen molar-refractivity contribution in [3.63, 3.8) is 0 Å². The third-order valence-electron chi connectivity index (χ3n) is 2.09. The Kier molecular flexibility index (Phi) is 4.24. The summed E-state index contributed by atoms with van der Waals surface area (Å²) in [5.74, 6) is -1.22. The van der Waals surface area contributed by atoms with Gasteiger partial charge in [-0.1, -0.05) is 12.1 Å². The van der Waals surface area contributed by atoms with E-state index in [-0.39, 0.29) is 18.4 Å². The lowest BCUT2D eigenvalue weighted by molar-refractivity contribution is -0.143. The summed E-state index contributed by atoms with van der Waals surface area (Å²) < 4.78 is 22.2. The fourth-order valence-corrected chi connectivity index (χ4v) is 1.30. The van der Waals surface area contributed by atoms with Crippen molar-refractivity contribution >= 4 is 5.97 Å². The average Bonchev–Trinajstić information content (AvgIpc) is 2.26. The molecule has 1 aromatic rings. The predicted molar refractivity (Wildman–Crippen MR) is 53.0 cm³/mol. The molecule has 0 fully saturated rings. The summed E-state index contributed by atoms with van der Waals surface area (Å²) in [4.78, 5) is 11.4. The van der Waals surface area contributed by atoms with E-state index in [9.17, 15) is 9.18 Å². The van der Waals surface area contributed by atoms with Gasteiger partial charge in [-0.2, -0.15) is 0 Å². The normalized spacial score (nSPS) is 12.2. The molecule has 3 nitrogen and oxygen atoms in total. The van der Waals surface area contributed by atoms with Crippen LogP contribution in [0.25, 0.3) is 0 Å². The molecule has 1 aromatic carbocycles. The number of methoxy groups -OCH3 is 2. The largest absolute Gasteiger partial charge is 0.468 e. The standard InChI is InChI=1S/C11H13FO3/c1-14-7-10(11(13)15-2)8-3-5-9(12)6-4-8/h3-6,10H,7H2,1-2H3. The first kappa shape index (κ1) is 11.7. The van der Waals surface area contributed by atoms with Crippen molar-refractivity contribution in [3.8, 4) is 0 Å². The zero-order chi connectivity index (χ0) is 11.3. The molecule has 0 heterocycles. The van der Waals surface area contributed by atoms with Gasteiger partial charge in [-0.25, -0.2) is 4.39 Å². The minimum absolute atomic E-state index is 0.221. The van der Waals surface area contributed by atoms with Gasteiger partial charge < -0.3 is 9.47 Å². The van der Waals surface area contributed by atoms with Crippen LogP contribution in [0.2, 0.25) is 0 Å². The number of carbonyl (C=O) groups excluding carboxylic acids is 1. The maximum absolute atomic E-state index is 12.7. The van der Waals surface area contributed by atoms with Crippen LogP contribution in [0, 0.1) is 5.82 Å². The van der Waals surface area contributed by atoms with Crippen molar-refractivity contribution in [2.75, 3.05) is 20.8 Å². The molecule has 0 N–H and O–H groups in total. The van der Waals surface area contributed by atoms with Crippen molar-refractivity contribution in [1.82, 2.24) is 0 Å². The smallest absolute Gasteiger partial charge is 0.315 e. The second kappa shape index (κ2) is 5.46. The molecule has 0 amide bonds. The fourth-order valence-electron chi connectivity index (χ4n) is 1.30. The minimum Gasteiger partial charge on any atom is -0.468 e. The molecule has 1 atom stereocenters. The number of hydrogen-bond donors (Lipinski definition) is 0. The Morgan fingerprint density at radius 3 is 2.40 bits per heavy atom. The molecule has 82 valence electrons. The van der Waals surface area contributed by atoms with Crippen LogP contribution < -0.4 is 0 Å². The van der Waals surface area contributed by atoms with Gasteiger partial charge in [0.2, 0.25) is 0 Å². The molecule has 0 bridgehead atoms. The molecule has 4 heteroatoms. The van der Waals surface area contributed by atoms with E-state index in [1.54, 1.807) is 12.1 Å². The third-order valence-corrected chi connectivity index (χ3v) is 2.09. The zero-order valence-electron chi connectivity index (χ0n) is 8.70. The summed E-state index contributed by atoms with van der Waals surface area (Å²) in [5.41, 5.74) is 0.685. The molecule has 0 radical (unpaired) electrons. The molecule has 0 spiro atoms. The molecular formula is C11H13FO3. The van der Waals surface area contributed by atoms with Crippen LogP contribution in [0.1, 0.15) is 11.5 Å². The van der Waals surface area contributed by atoms with Crippen LogP contribution >= 0.6 is 0 Å². The van der Waals surface area contributed by atoms with E-state index >= 15 is 0 Å². The number of hydrogen-bond acceptors (Lipinski definition) is 3. The monoisotopic (exact) mass is 212 g/mol. The van der Waals surface area contributed by atoms with E-state index in [4.69, 9.17) is 4.74 Å². The molecule has 0 aromatic heterocycles. The maximum Gasteiger partial charge on any atom is 0.315 e.